The molecule has 0 fully saturated rings. The molecular formula is C12H18F2N2. The molecule has 90 valence electrons. The molecule has 1 aromatic rings. The Morgan fingerprint density at radius 3 is 2.62 bits per heavy atom. The molecule has 16 heavy (non-hydrogen) atoms. The Labute approximate surface area is 95.1 Å². The summed E-state index contributed by atoms with van der Waals surface area (Å²) in [4.78, 5) is 0. The largest absolute Gasteiger partial charge is 0.320 e. The van der Waals surface area contributed by atoms with Crippen molar-refractivity contribution in [3.63, 3.8) is 0 Å². The quantitative estimate of drug-likeness (QED) is 0.698. The molecule has 0 amide bonds. The van der Waals surface area contributed by atoms with Crippen LogP contribution in [-0.4, -0.2) is 20.1 Å². The van der Waals surface area contributed by atoms with Gasteiger partial charge in [-0.25, -0.2) is 8.78 Å². The highest BCUT2D eigenvalue weighted by Gasteiger charge is 2.02. The van der Waals surface area contributed by atoms with E-state index in [4.69, 9.17) is 0 Å². The van der Waals surface area contributed by atoms with Crippen molar-refractivity contribution in [2.45, 2.75) is 19.4 Å². The van der Waals surface area contributed by atoms with E-state index in [0.29, 0.717) is 12.1 Å². The minimum atomic E-state index is -0.395. The van der Waals surface area contributed by atoms with Gasteiger partial charge in [0.25, 0.3) is 0 Å². The van der Waals surface area contributed by atoms with Crippen LogP contribution in [0, 0.1) is 11.6 Å². The lowest BCUT2D eigenvalue weighted by molar-refractivity contribution is 0.558. The van der Waals surface area contributed by atoms with Gasteiger partial charge in [-0.05, 0) is 51.2 Å². The van der Waals surface area contributed by atoms with Gasteiger partial charge in [-0.3, -0.25) is 0 Å². The molecule has 0 atom stereocenters. The molecule has 2 N–H and O–H groups in total. The standard InChI is InChI=1S/C12H18F2N2/c1-15-6-2-3-7-16-9-10-8-11(13)4-5-12(10)14/h4-5,8,15-16H,2-3,6-7,9H2,1H3. The van der Waals surface area contributed by atoms with Gasteiger partial charge >= 0.3 is 0 Å². The molecule has 0 aliphatic heterocycles. The number of benzene rings is 1. The van der Waals surface area contributed by atoms with Crippen molar-refractivity contribution in [2.24, 2.45) is 0 Å². The van der Waals surface area contributed by atoms with Crippen molar-refractivity contribution in [3.05, 3.63) is 35.4 Å². The Balaban J connectivity index is 2.23. The van der Waals surface area contributed by atoms with Gasteiger partial charge in [0.1, 0.15) is 11.6 Å². The van der Waals surface area contributed by atoms with Crippen molar-refractivity contribution in [1.29, 1.82) is 0 Å². The van der Waals surface area contributed by atoms with E-state index in [2.05, 4.69) is 10.6 Å². The van der Waals surface area contributed by atoms with Gasteiger partial charge < -0.3 is 10.6 Å². The first-order chi connectivity index (χ1) is 7.74. The fourth-order valence-corrected chi connectivity index (χ4v) is 1.45. The van der Waals surface area contributed by atoms with Crippen LogP contribution in [0.1, 0.15) is 18.4 Å². The summed E-state index contributed by atoms with van der Waals surface area (Å²) in [5.41, 5.74) is 0.383. The van der Waals surface area contributed by atoms with Crippen LogP contribution in [0.5, 0.6) is 0 Å². The van der Waals surface area contributed by atoms with Crippen LogP contribution >= 0.6 is 0 Å². The summed E-state index contributed by atoms with van der Waals surface area (Å²) in [6.45, 7) is 2.18. The third-order valence-corrected chi connectivity index (χ3v) is 2.35. The SMILES string of the molecule is CNCCCCNCc1cc(F)ccc1F. The van der Waals surface area contributed by atoms with Crippen LogP contribution < -0.4 is 10.6 Å². The molecule has 0 radical (unpaired) electrons. The van der Waals surface area contributed by atoms with E-state index < -0.39 is 5.82 Å². The van der Waals surface area contributed by atoms with Gasteiger partial charge in [0.2, 0.25) is 0 Å². The van der Waals surface area contributed by atoms with Crippen LogP contribution in [0.25, 0.3) is 0 Å². The van der Waals surface area contributed by atoms with Crippen LogP contribution in [0.3, 0.4) is 0 Å². The molecule has 0 aliphatic carbocycles. The lowest BCUT2D eigenvalue weighted by Crippen LogP contribution is -2.17. The number of hydrogen-bond acceptors (Lipinski definition) is 2. The summed E-state index contributed by atoms with van der Waals surface area (Å²) >= 11 is 0. The second-order valence-corrected chi connectivity index (χ2v) is 3.72. The highest BCUT2D eigenvalue weighted by molar-refractivity contribution is 5.18. The molecule has 0 saturated carbocycles. The number of unbranched alkanes of at least 4 members (excludes halogenated alkanes) is 1. The van der Waals surface area contributed by atoms with Gasteiger partial charge in [0.15, 0.2) is 0 Å². The monoisotopic (exact) mass is 228 g/mol. The predicted molar refractivity (Wildman–Crippen MR) is 61.2 cm³/mol. The number of halogens is 2. The van der Waals surface area contributed by atoms with Gasteiger partial charge in [0.05, 0.1) is 0 Å². The van der Waals surface area contributed by atoms with Crippen LogP contribution in [0.2, 0.25) is 0 Å². The van der Waals surface area contributed by atoms with E-state index in [1.165, 1.54) is 6.07 Å². The first-order valence-electron chi connectivity index (χ1n) is 5.53. The summed E-state index contributed by atoms with van der Waals surface area (Å²) in [7, 11) is 1.91. The lowest BCUT2D eigenvalue weighted by atomic mass is 10.2. The maximum Gasteiger partial charge on any atom is 0.127 e. The minimum Gasteiger partial charge on any atom is -0.320 e. The van der Waals surface area contributed by atoms with E-state index in [9.17, 15) is 8.78 Å². The molecule has 0 bridgehead atoms. The van der Waals surface area contributed by atoms with Crippen molar-refractivity contribution >= 4 is 0 Å². The maximum atomic E-state index is 13.2. The number of rotatable bonds is 7. The summed E-state index contributed by atoms with van der Waals surface area (Å²) in [6, 6.07) is 3.52. The summed E-state index contributed by atoms with van der Waals surface area (Å²) < 4.78 is 26.0. The Kier molecular flexibility index (Phi) is 5.96. The smallest absolute Gasteiger partial charge is 0.127 e. The summed E-state index contributed by atoms with van der Waals surface area (Å²) in [6.07, 6.45) is 2.10. The van der Waals surface area contributed by atoms with Crippen molar-refractivity contribution in [2.75, 3.05) is 20.1 Å². The minimum absolute atomic E-state index is 0.357. The lowest BCUT2D eigenvalue weighted by Gasteiger charge is -2.06. The molecule has 0 saturated heterocycles. The first kappa shape index (κ1) is 13.1. The molecule has 0 spiro atoms. The molecule has 2 nitrogen and oxygen atoms in total. The topological polar surface area (TPSA) is 24.1 Å². The summed E-state index contributed by atoms with van der Waals surface area (Å²) in [5, 5.41) is 6.15. The average molecular weight is 228 g/mol. The zero-order valence-electron chi connectivity index (χ0n) is 9.52. The summed E-state index contributed by atoms with van der Waals surface area (Å²) in [5.74, 6) is -0.752. The fraction of sp³-hybridized carbons (Fsp3) is 0.500. The Morgan fingerprint density at radius 2 is 1.88 bits per heavy atom. The van der Waals surface area contributed by atoms with Crippen molar-refractivity contribution in [1.82, 2.24) is 10.6 Å². The predicted octanol–water partition coefficient (Wildman–Crippen LogP) is 2.05. The first-order valence-corrected chi connectivity index (χ1v) is 5.53. The Bertz CT molecular complexity index is 316. The third-order valence-electron chi connectivity index (χ3n) is 2.35. The molecule has 0 unspecified atom stereocenters. The highest BCUT2D eigenvalue weighted by Crippen LogP contribution is 2.08. The molecule has 1 aromatic carbocycles. The zero-order valence-corrected chi connectivity index (χ0v) is 9.52. The Morgan fingerprint density at radius 1 is 1.12 bits per heavy atom. The third kappa shape index (κ3) is 4.68. The van der Waals surface area contributed by atoms with E-state index >= 15 is 0 Å². The molecule has 0 aliphatic rings. The fourth-order valence-electron chi connectivity index (χ4n) is 1.45. The highest BCUT2D eigenvalue weighted by atomic mass is 19.1. The average Bonchev–Trinajstić information content (AvgIpc) is 2.28. The zero-order chi connectivity index (χ0) is 11.8. The van der Waals surface area contributed by atoms with E-state index in [1.54, 1.807) is 0 Å². The van der Waals surface area contributed by atoms with Gasteiger partial charge in [-0.2, -0.15) is 0 Å². The van der Waals surface area contributed by atoms with E-state index in [0.717, 1.165) is 38.1 Å². The maximum absolute atomic E-state index is 13.2. The van der Waals surface area contributed by atoms with Gasteiger partial charge in [0, 0.05) is 12.1 Å². The molecule has 0 aromatic heterocycles. The molecule has 0 heterocycles. The van der Waals surface area contributed by atoms with Crippen molar-refractivity contribution in [3.8, 4) is 0 Å². The van der Waals surface area contributed by atoms with Gasteiger partial charge in [-0.15, -0.1) is 0 Å². The van der Waals surface area contributed by atoms with E-state index in [1.807, 2.05) is 7.05 Å². The van der Waals surface area contributed by atoms with E-state index in [-0.39, 0.29) is 5.82 Å². The van der Waals surface area contributed by atoms with Crippen LogP contribution in [0.15, 0.2) is 18.2 Å². The molecular weight excluding hydrogens is 210 g/mol. The second-order valence-electron chi connectivity index (χ2n) is 3.72. The number of nitrogens with one attached hydrogen (secondary N) is 2. The van der Waals surface area contributed by atoms with Crippen LogP contribution in [-0.2, 0) is 6.54 Å². The van der Waals surface area contributed by atoms with Crippen LogP contribution in [0.4, 0.5) is 8.78 Å². The van der Waals surface area contributed by atoms with Crippen molar-refractivity contribution < 1.29 is 8.78 Å². The second kappa shape index (κ2) is 7.30. The Hall–Kier alpha value is -1.00. The normalized spacial score (nSPS) is 10.7. The molecule has 4 heteroatoms. The molecule has 1 rings (SSSR count). The van der Waals surface area contributed by atoms with Gasteiger partial charge in [-0.1, -0.05) is 0 Å². The number of hydrogen-bond donors (Lipinski definition) is 2.